The second-order valence-corrected chi connectivity index (χ2v) is 3.58. The summed E-state index contributed by atoms with van der Waals surface area (Å²) in [4.78, 5) is 0. The van der Waals surface area contributed by atoms with Gasteiger partial charge in [0.15, 0.2) is 0 Å². The molecule has 13 heavy (non-hydrogen) atoms. The summed E-state index contributed by atoms with van der Waals surface area (Å²) < 4.78 is 0. The first-order valence-corrected chi connectivity index (χ1v) is 4.86. The van der Waals surface area contributed by atoms with Crippen LogP contribution in [-0.2, 0) is 0 Å². The van der Waals surface area contributed by atoms with E-state index < -0.39 is 0 Å². The van der Waals surface area contributed by atoms with Crippen molar-refractivity contribution in [3.05, 3.63) is 29.8 Å². The van der Waals surface area contributed by atoms with Gasteiger partial charge in [-0.15, -0.1) is 0 Å². The van der Waals surface area contributed by atoms with Crippen molar-refractivity contribution in [2.45, 2.75) is 18.8 Å². The lowest BCUT2D eigenvalue weighted by Gasteiger charge is -2.23. The minimum atomic E-state index is 0.453. The van der Waals surface area contributed by atoms with E-state index in [9.17, 15) is 5.11 Å². The summed E-state index contributed by atoms with van der Waals surface area (Å²) in [5.41, 5.74) is 1.11. The van der Waals surface area contributed by atoms with Crippen molar-refractivity contribution in [2.75, 3.05) is 13.1 Å². The SMILES string of the molecule is Oc1ccccc1C1CCNCC1. The van der Waals surface area contributed by atoms with Gasteiger partial charge in [-0.2, -0.15) is 0 Å². The van der Waals surface area contributed by atoms with Gasteiger partial charge in [0.2, 0.25) is 0 Å². The number of hydrogen-bond donors (Lipinski definition) is 2. The molecule has 0 unspecified atom stereocenters. The van der Waals surface area contributed by atoms with Crippen LogP contribution >= 0.6 is 0 Å². The number of para-hydroxylation sites is 1. The molecule has 2 nitrogen and oxygen atoms in total. The van der Waals surface area contributed by atoms with Gasteiger partial charge in [-0.05, 0) is 43.5 Å². The van der Waals surface area contributed by atoms with Crippen LogP contribution in [0, 0.1) is 0 Å². The number of nitrogens with one attached hydrogen (secondary N) is 1. The number of hydrogen-bond acceptors (Lipinski definition) is 2. The van der Waals surface area contributed by atoms with Gasteiger partial charge in [-0.1, -0.05) is 18.2 Å². The molecule has 2 N–H and O–H groups in total. The molecule has 1 heterocycles. The molecule has 2 rings (SSSR count). The van der Waals surface area contributed by atoms with Crippen LogP contribution in [0.25, 0.3) is 0 Å². The van der Waals surface area contributed by atoms with Gasteiger partial charge >= 0.3 is 0 Å². The summed E-state index contributed by atoms with van der Waals surface area (Å²) >= 11 is 0. The van der Waals surface area contributed by atoms with Crippen molar-refractivity contribution in [1.82, 2.24) is 5.32 Å². The van der Waals surface area contributed by atoms with Crippen LogP contribution in [0.2, 0.25) is 0 Å². The first kappa shape index (κ1) is 8.57. The van der Waals surface area contributed by atoms with Crippen molar-refractivity contribution < 1.29 is 5.11 Å². The number of benzene rings is 1. The summed E-state index contributed by atoms with van der Waals surface area (Å²) in [5, 5.41) is 13.0. The Balaban J connectivity index is 2.18. The maximum absolute atomic E-state index is 9.64. The highest BCUT2D eigenvalue weighted by Gasteiger charge is 2.17. The zero-order chi connectivity index (χ0) is 9.10. The van der Waals surface area contributed by atoms with E-state index in [0.29, 0.717) is 11.7 Å². The lowest BCUT2D eigenvalue weighted by atomic mass is 9.90. The van der Waals surface area contributed by atoms with E-state index in [0.717, 1.165) is 31.5 Å². The van der Waals surface area contributed by atoms with Crippen molar-refractivity contribution >= 4 is 0 Å². The van der Waals surface area contributed by atoms with E-state index in [1.807, 2.05) is 18.2 Å². The van der Waals surface area contributed by atoms with Crippen LogP contribution < -0.4 is 5.32 Å². The van der Waals surface area contributed by atoms with Crippen LogP contribution in [0.5, 0.6) is 5.75 Å². The molecule has 1 aliphatic rings. The zero-order valence-electron chi connectivity index (χ0n) is 7.66. The fourth-order valence-electron chi connectivity index (χ4n) is 1.97. The van der Waals surface area contributed by atoms with E-state index in [-0.39, 0.29) is 0 Å². The predicted octanol–water partition coefficient (Wildman–Crippen LogP) is 1.86. The van der Waals surface area contributed by atoms with Crippen molar-refractivity contribution in [3.8, 4) is 5.75 Å². The van der Waals surface area contributed by atoms with Crippen molar-refractivity contribution in [2.24, 2.45) is 0 Å². The van der Waals surface area contributed by atoms with Gasteiger partial charge in [-0.25, -0.2) is 0 Å². The molecule has 0 radical (unpaired) electrons. The molecule has 1 saturated heterocycles. The highest BCUT2D eigenvalue weighted by atomic mass is 16.3. The van der Waals surface area contributed by atoms with Crippen LogP contribution in [0.3, 0.4) is 0 Å². The summed E-state index contributed by atoms with van der Waals surface area (Å²) in [5.74, 6) is 0.997. The maximum Gasteiger partial charge on any atom is 0.119 e. The highest BCUT2D eigenvalue weighted by molar-refractivity contribution is 5.35. The molecule has 0 spiro atoms. The topological polar surface area (TPSA) is 32.3 Å². The average Bonchev–Trinajstić information content (AvgIpc) is 2.20. The van der Waals surface area contributed by atoms with Gasteiger partial charge in [-0.3, -0.25) is 0 Å². The third kappa shape index (κ3) is 1.83. The number of rotatable bonds is 1. The maximum atomic E-state index is 9.64. The van der Waals surface area contributed by atoms with E-state index in [4.69, 9.17) is 0 Å². The summed E-state index contributed by atoms with van der Waals surface area (Å²) in [6, 6.07) is 7.68. The fourth-order valence-corrected chi connectivity index (χ4v) is 1.97. The Labute approximate surface area is 78.6 Å². The Morgan fingerprint density at radius 1 is 1.15 bits per heavy atom. The number of piperidine rings is 1. The molecule has 2 heteroatoms. The third-order valence-corrected chi connectivity index (χ3v) is 2.72. The molecular formula is C11H15NO. The lowest BCUT2D eigenvalue weighted by Crippen LogP contribution is -2.26. The van der Waals surface area contributed by atoms with Gasteiger partial charge < -0.3 is 10.4 Å². The lowest BCUT2D eigenvalue weighted by molar-refractivity contribution is 0.424. The van der Waals surface area contributed by atoms with Crippen LogP contribution in [0.4, 0.5) is 0 Å². The first-order valence-electron chi connectivity index (χ1n) is 4.86. The molecule has 0 bridgehead atoms. The standard InChI is InChI=1S/C11H15NO/c13-11-4-2-1-3-10(11)9-5-7-12-8-6-9/h1-4,9,12-13H,5-8H2. The molecule has 1 aliphatic heterocycles. The molecule has 0 aliphatic carbocycles. The normalized spacial score (nSPS) is 18.8. The molecule has 0 aromatic heterocycles. The van der Waals surface area contributed by atoms with Crippen LogP contribution in [0.15, 0.2) is 24.3 Å². The zero-order valence-corrected chi connectivity index (χ0v) is 7.66. The van der Waals surface area contributed by atoms with Crippen molar-refractivity contribution in [1.29, 1.82) is 0 Å². The molecular weight excluding hydrogens is 162 g/mol. The monoisotopic (exact) mass is 177 g/mol. The van der Waals surface area contributed by atoms with Gasteiger partial charge in [0.1, 0.15) is 5.75 Å². The van der Waals surface area contributed by atoms with Crippen LogP contribution in [-0.4, -0.2) is 18.2 Å². The molecule has 0 saturated carbocycles. The third-order valence-electron chi connectivity index (χ3n) is 2.72. The van der Waals surface area contributed by atoms with Crippen LogP contribution in [0.1, 0.15) is 24.3 Å². The molecule has 0 amide bonds. The minimum absolute atomic E-state index is 0.453. The average molecular weight is 177 g/mol. The summed E-state index contributed by atoms with van der Waals surface area (Å²) in [7, 11) is 0. The van der Waals surface area contributed by atoms with Gasteiger partial charge in [0.25, 0.3) is 0 Å². The largest absolute Gasteiger partial charge is 0.508 e. The predicted molar refractivity (Wildman–Crippen MR) is 53.0 cm³/mol. The first-order chi connectivity index (χ1) is 6.38. The fraction of sp³-hybridized carbons (Fsp3) is 0.455. The highest BCUT2D eigenvalue weighted by Crippen LogP contribution is 2.31. The second-order valence-electron chi connectivity index (χ2n) is 3.58. The molecule has 1 fully saturated rings. The Morgan fingerprint density at radius 3 is 2.54 bits per heavy atom. The molecule has 1 aromatic carbocycles. The van der Waals surface area contributed by atoms with E-state index >= 15 is 0 Å². The minimum Gasteiger partial charge on any atom is -0.508 e. The molecule has 0 atom stereocenters. The van der Waals surface area contributed by atoms with E-state index in [2.05, 4.69) is 5.32 Å². The van der Waals surface area contributed by atoms with E-state index in [1.54, 1.807) is 6.07 Å². The number of phenols is 1. The summed E-state index contributed by atoms with van der Waals surface area (Å²) in [6.07, 6.45) is 2.27. The Kier molecular flexibility index (Phi) is 2.50. The molecule has 1 aromatic rings. The second kappa shape index (κ2) is 3.79. The smallest absolute Gasteiger partial charge is 0.119 e. The Bertz CT molecular complexity index is 279. The van der Waals surface area contributed by atoms with E-state index in [1.165, 1.54) is 0 Å². The Morgan fingerprint density at radius 2 is 1.85 bits per heavy atom. The molecule has 70 valence electrons. The summed E-state index contributed by atoms with van der Waals surface area (Å²) in [6.45, 7) is 2.14. The quantitative estimate of drug-likeness (QED) is 0.686. The van der Waals surface area contributed by atoms with Crippen molar-refractivity contribution in [3.63, 3.8) is 0 Å². The number of aromatic hydroxyl groups is 1. The van der Waals surface area contributed by atoms with Gasteiger partial charge in [0.05, 0.1) is 0 Å². The van der Waals surface area contributed by atoms with Gasteiger partial charge in [0, 0.05) is 0 Å². The Hall–Kier alpha value is -1.02. The number of phenolic OH excluding ortho intramolecular Hbond substituents is 1.